The van der Waals surface area contributed by atoms with Crippen LogP contribution in [0.15, 0.2) is 18.2 Å². The molecule has 198 valence electrons. The largest absolute Gasteiger partial charge is 0.0654 e. The number of hydrogen-bond acceptors (Lipinski definition) is 0. The fourth-order valence-corrected chi connectivity index (χ4v) is 5.31. The number of rotatable bonds is 25. The lowest BCUT2D eigenvalue weighted by molar-refractivity contribution is 0.573. The van der Waals surface area contributed by atoms with Gasteiger partial charge in [0.1, 0.15) is 0 Å². The Morgan fingerprint density at radius 2 is 0.500 bits per heavy atom. The summed E-state index contributed by atoms with van der Waals surface area (Å²) >= 11 is 0. The molecule has 0 unspecified atom stereocenters. The minimum atomic E-state index is 1.29. The highest BCUT2D eigenvalue weighted by Gasteiger charge is 2.04. The van der Waals surface area contributed by atoms with Crippen molar-refractivity contribution in [1.29, 1.82) is 0 Å². The van der Waals surface area contributed by atoms with E-state index in [1.807, 2.05) is 0 Å². The molecule has 0 fully saturated rings. The first-order valence-electron chi connectivity index (χ1n) is 15.9. The SMILES string of the molecule is CCCCCCCCCCc1cc(CCCCCCCC)cc(CCCCCCCCCC)c1. The molecule has 0 heterocycles. The third-order valence-electron chi connectivity index (χ3n) is 7.57. The van der Waals surface area contributed by atoms with Crippen molar-refractivity contribution in [2.45, 2.75) is 181 Å². The summed E-state index contributed by atoms with van der Waals surface area (Å²) in [6, 6.07) is 7.68. The van der Waals surface area contributed by atoms with Gasteiger partial charge in [0.25, 0.3) is 0 Å². The van der Waals surface area contributed by atoms with Crippen LogP contribution in [-0.4, -0.2) is 0 Å². The van der Waals surface area contributed by atoms with Crippen LogP contribution in [0, 0.1) is 0 Å². The van der Waals surface area contributed by atoms with Gasteiger partial charge in [0.15, 0.2) is 0 Å². The molecule has 1 aromatic carbocycles. The third-order valence-corrected chi connectivity index (χ3v) is 7.57. The van der Waals surface area contributed by atoms with Gasteiger partial charge < -0.3 is 0 Å². The Labute approximate surface area is 216 Å². The normalized spacial score (nSPS) is 11.4. The predicted octanol–water partition coefficient (Wildman–Crippen LogP) is 12.0. The van der Waals surface area contributed by atoms with Gasteiger partial charge in [-0.25, -0.2) is 0 Å². The number of benzene rings is 1. The van der Waals surface area contributed by atoms with Crippen LogP contribution in [0.25, 0.3) is 0 Å². The van der Waals surface area contributed by atoms with Crippen molar-refractivity contribution < 1.29 is 0 Å². The van der Waals surface area contributed by atoms with E-state index in [1.54, 1.807) is 16.7 Å². The summed E-state index contributed by atoms with van der Waals surface area (Å²) in [4.78, 5) is 0. The summed E-state index contributed by atoms with van der Waals surface area (Å²) < 4.78 is 0. The van der Waals surface area contributed by atoms with E-state index < -0.39 is 0 Å². The second kappa shape index (κ2) is 23.9. The van der Waals surface area contributed by atoms with Gasteiger partial charge in [0.05, 0.1) is 0 Å². The van der Waals surface area contributed by atoms with Crippen LogP contribution in [0.5, 0.6) is 0 Å². The van der Waals surface area contributed by atoms with Crippen LogP contribution >= 0.6 is 0 Å². The van der Waals surface area contributed by atoms with Gasteiger partial charge in [0, 0.05) is 0 Å². The van der Waals surface area contributed by atoms with Gasteiger partial charge in [-0.15, -0.1) is 0 Å². The summed E-state index contributed by atoms with van der Waals surface area (Å²) in [6.07, 6.45) is 35.0. The second-order valence-electron chi connectivity index (χ2n) is 11.1. The zero-order valence-corrected chi connectivity index (χ0v) is 23.9. The standard InChI is InChI=1S/C34H62/c1-4-7-10-13-16-18-21-24-27-33-29-32(26-23-20-15-12-9-6-3)30-34(31-33)28-25-22-19-17-14-11-8-5-2/h29-31H,4-28H2,1-3H3. The first-order valence-corrected chi connectivity index (χ1v) is 15.9. The summed E-state index contributed by atoms with van der Waals surface area (Å²) in [7, 11) is 0. The minimum Gasteiger partial charge on any atom is -0.0654 e. The fraction of sp³-hybridized carbons (Fsp3) is 0.824. The predicted molar refractivity (Wildman–Crippen MR) is 156 cm³/mol. The van der Waals surface area contributed by atoms with Gasteiger partial charge >= 0.3 is 0 Å². The quantitative estimate of drug-likeness (QED) is 0.125. The van der Waals surface area contributed by atoms with Crippen LogP contribution in [0.4, 0.5) is 0 Å². The molecule has 0 N–H and O–H groups in total. The van der Waals surface area contributed by atoms with E-state index >= 15 is 0 Å². The second-order valence-corrected chi connectivity index (χ2v) is 11.1. The van der Waals surface area contributed by atoms with E-state index in [1.165, 1.54) is 161 Å². The van der Waals surface area contributed by atoms with Gasteiger partial charge in [0.2, 0.25) is 0 Å². The summed E-state index contributed by atoms with van der Waals surface area (Å²) in [6.45, 7) is 6.93. The highest BCUT2D eigenvalue weighted by Crippen LogP contribution is 2.20. The molecule has 34 heavy (non-hydrogen) atoms. The lowest BCUT2D eigenvalue weighted by Gasteiger charge is -2.11. The minimum absolute atomic E-state index is 1.29. The molecule has 0 nitrogen and oxygen atoms in total. The van der Waals surface area contributed by atoms with Crippen LogP contribution in [-0.2, 0) is 19.3 Å². The molecular formula is C34H62. The maximum atomic E-state index is 2.56. The average molecular weight is 471 g/mol. The lowest BCUT2D eigenvalue weighted by atomic mass is 9.95. The van der Waals surface area contributed by atoms with E-state index in [-0.39, 0.29) is 0 Å². The van der Waals surface area contributed by atoms with Crippen molar-refractivity contribution in [1.82, 2.24) is 0 Å². The Morgan fingerprint density at radius 1 is 0.294 bits per heavy atom. The first-order chi connectivity index (χ1) is 16.8. The van der Waals surface area contributed by atoms with Gasteiger partial charge in [-0.3, -0.25) is 0 Å². The average Bonchev–Trinajstić information content (AvgIpc) is 2.84. The van der Waals surface area contributed by atoms with Crippen molar-refractivity contribution in [2.75, 3.05) is 0 Å². The van der Waals surface area contributed by atoms with E-state index in [0.717, 1.165) is 0 Å². The molecule has 1 rings (SSSR count). The highest BCUT2D eigenvalue weighted by molar-refractivity contribution is 5.30. The fourth-order valence-electron chi connectivity index (χ4n) is 5.31. The maximum Gasteiger partial charge on any atom is -0.0279 e. The van der Waals surface area contributed by atoms with Gasteiger partial charge in [-0.1, -0.05) is 161 Å². The Balaban J connectivity index is 2.41. The van der Waals surface area contributed by atoms with Crippen LogP contribution in [0.1, 0.15) is 179 Å². The van der Waals surface area contributed by atoms with Crippen LogP contribution < -0.4 is 0 Å². The number of hydrogen-bond donors (Lipinski definition) is 0. The molecule has 1 aromatic rings. The van der Waals surface area contributed by atoms with E-state index in [0.29, 0.717) is 0 Å². The molecular weight excluding hydrogens is 408 g/mol. The molecule has 0 aromatic heterocycles. The van der Waals surface area contributed by atoms with Crippen molar-refractivity contribution >= 4 is 0 Å². The Bertz CT molecular complexity index is 505. The topological polar surface area (TPSA) is 0 Å². The molecule has 0 heteroatoms. The Kier molecular flexibility index (Phi) is 22.0. The molecule has 0 amide bonds. The Morgan fingerprint density at radius 3 is 0.735 bits per heavy atom. The molecule has 0 atom stereocenters. The van der Waals surface area contributed by atoms with Crippen LogP contribution in [0.3, 0.4) is 0 Å². The molecule has 0 saturated carbocycles. The van der Waals surface area contributed by atoms with Crippen molar-refractivity contribution in [3.8, 4) is 0 Å². The first kappa shape index (κ1) is 31.3. The highest BCUT2D eigenvalue weighted by atomic mass is 14.1. The summed E-state index contributed by atoms with van der Waals surface area (Å²) in [5.74, 6) is 0. The Hall–Kier alpha value is -0.780. The molecule has 0 radical (unpaired) electrons. The zero-order valence-electron chi connectivity index (χ0n) is 23.9. The summed E-state index contributed by atoms with van der Waals surface area (Å²) in [5.41, 5.74) is 4.88. The maximum absolute atomic E-state index is 2.56. The van der Waals surface area contributed by atoms with Crippen molar-refractivity contribution in [3.05, 3.63) is 34.9 Å². The van der Waals surface area contributed by atoms with E-state index in [2.05, 4.69) is 39.0 Å². The van der Waals surface area contributed by atoms with Gasteiger partial charge in [-0.2, -0.15) is 0 Å². The van der Waals surface area contributed by atoms with Crippen LogP contribution in [0.2, 0.25) is 0 Å². The molecule has 0 aliphatic carbocycles. The van der Waals surface area contributed by atoms with Crippen molar-refractivity contribution in [3.63, 3.8) is 0 Å². The molecule has 0 saturated heterocycles. The number of unbranched alkanes of at least 4 members (excludes halogenated alkanes) is 19. The van der Waals surface area contributed by atoms with E-state index in [4.69, 9.17) is 0 Å². The van der Waals surface area contributed by atoms with E-state index in [9.17, 15) is 0 Å². The summed E-state index contributed by atoms with van der Waals surface area (Å²) in [5, 5.41) is 0. The molecule has 0 aliphatic heterocycles. The van der Waals surface area contributed by atoms with Crippen molar-refractivity contribution in [2.24, 2.45) is 0 Å². The monoisotopic (exact) mass is 470 g/mol. The lowest BCUT2D eigenvalue weighted by Crippen LogP contribution is -1.96. The molecule has 0 spiro atoms. The smallest absolute Gasteiger partial charge is 0.0279 e. The van der Waals surface area contributed by atoms with Gasteiger partial charge in [-0.05, 0) is 55.2 Å². The third kappa shape index (κ3) is 18.5. The zero-order chi connectivity index (χ0) is 24.5. The molecule has 0 aliphatic rings. The number of aryl methyl sites for hydroxylation is 3. The molecule has 0 bridgehead atoms.